The molecule has 0 bridgehead atoms. The van der Waals surface area contributed by atoms with Gasteiger partial charge in [0.1, 0.15) is 5.54 Å². The van der Waals surface area contributed by atoms with E-state index in [0.717, 1.165) is 24.8 Å². The van der Waals surface area contributed by atoms with Gasteiger partial charge in [-0.05, 0) is 49.8 Å². The summed E-state index contributed by atoms with van der Waals surface area (Å²) in [6.07, 6.45) is 3.04. The van der Waals surface area contributed by atoms with Crippen LogP contribution in [0.25, 0.3) is 0 Å². The number of hydrogen-bond donors (Lipinski definition) is 1. The lowest BCUT2D eigenvalue weighted by Crippen LogP contribution is -2.54. The normalized spacial score (nSPS) is 19.2. The zero-order chi connectivity index (χ0) is 14.8. The van der Waals surface area contributed by atoms with Crippen molar-refractivity contribution in [3.63, 3.8) is 0 Å². The van der Waals surface area contributed by atoms with E-state index < -0.39 is 5.54 Å². The van der Waals surface area contributed by atoms with Crippen molar-refractivity contribution in [2.24, 2.45) is 5.92 Å². The van der Waals surface area contributed by atoms with Gasteiger partial charge in [0.25, 0.3) is 0 Å². The standard InChI is InChI=1S/C16H22ClNO2/c1-4-11(2)18-16(12-5-6-12,15(19)20-3)13-7-9-14(17)10-8-13/h7-12,18H,4-6H2,1-3H3. The SMILES string of the molecule is CCC(C)NC(C(=O)OC)(c1ccc(Cl)cc1)C1CC1. The van der Waals surface area contributed by atoms with E-state index in [-0.39, 0.29) is 12.0 Å². The first-order valence-corrected chi connectivity index (χ1v) is 7.54. The molecule has 1 N–H and O–H groups in total. The predicted molar refractivity (Wildman–Crippen MR) is 80.8 cm³/mol. The molecule has 0 aromatic heterocycles. The largest absolute Gasteiger partial charge is 0.467 e. The van der Waals surface area contributed by atoms with Gasteiger partial charge in [0.05, 0.1) is 7.11 Å². The molecular weight excluding hydrogens is 274 g/mol. The minimum absolute atomic E-state index is 0.206. The summed E-state index contributed by atoms with van der Waals surface area (Å²) in [6.45, 7) is 4.20. The van der Waals surface area contributed by atoms with Crippen molar-refractivity contribution in [2.45, 2.75) is 44.7 Å². The Labute approximate surface area is 125 Å². The number of halogens is 1. The van der Waals surface area contributed by atoms with Crippen LogP contribution in [0.3, 0.4) is 0 Å². The maximum Gasteiger partial charge on any atom is 0.331 e. The molecule has 0 spiro atoms. The van der Waals surface area contributed by atoms with Gasteiger partial charge in [-0.2, -0.15) is 0 Å². The second kappa shape index (κ2) is 6.15. The van der Waals surface area contributed by atoms with E-state index in [4.69, 9.17) is 16.3 Å². The summed E-state index contributed by atoms with van der Waals surface area (Å²) < 4.78 is 5.11. The molecule has 1 aromatic rings. The third-order valence-electron chi connectivity index (χ3n) is 4.08. The first kappa shape index (κ1) is 15.3. The topological polar surface area (TPSA) is 38.3 Å². The zero-order valence-electron chi connectivity index (χ0n) is 12.3. The average Bonchev–Trinajstić information content (AvgIpc) is 3.29. The number of hydrogen-bond acceptors (Lipinski definition) is 3. The second-order valence-electron chi connectivity index (χ2n) is 5.53. The van der Waals surface area contributed by atoms with Gasteiger partial charge in [-0.15, -0.1) is 0 Å². The van der Waals surface area contributed by atoms with Crippen molar-refractivity contribution < 1.29 is 9.53 Å². The Morgan fingerprint density at radius 1 is 1.45 bits per heavy atom. The van der Waals surface area contributed by atoms with Gasteiger partial charge in [-0.25, -0.2) is 4.79 Å². The van der Waals surface area contributed by atoms with Crippen LogP contribution in [0, 0.1) is 5.92 Å². The molecule has 0 radical (unpaired) electrons. The molecule has 0 amide bonds. The molecule has 3 nitrogen and oxygen atoms in total. The Morgan fingerprint density at radius 3 is 2.50 bits per heavy atom. The summed E-state index contributed by atoms with van der Waals surface area (Å²) >= 11 is 5.97. The molecule has 0 heterocycles. The lowest BCUT2D eigenvalue weighted by molar-refractivity contribution is -0.150. The van der Waals surface area contributed by atoms with Crippen LogP contribution in [0.1, 0.15) is 38.7 Å². The van der Waals surface area contributed by atoms with Crippen molar-refractivity contribution >= 4 is 17.6 Å². The van der Waals surface area contributed by atoms with E-state index in [1.165, 1.54) is 7.11 Å². The fourth-order valence-electron chi connectivity index (χ4n) is 2.66. The molecule has 1 aliphatic carbocycles. The summed E-state index contributed by atoms with van der Waals surface area (Å²) in [5, 5.41) is 4.18. The van der Waals surface area contributed by atoms with Crippen LogP contribution in [-0.2, 0) is 15.1 Å². The van der Waals surface area contributed by atoms with Crippen LogP contribution < -0.4 is 5.32 Å². The van der Waals surface area contributed by atoms with Crippen molar-refractivity contribution in [1.82, 2.24) is 5.32 Å². The van der Waals surface area contributed by atoms with E-state index in [9.17, 15) is 4.79 Å². The highest BCUT2D eigenvalue weighted by atomic mass is 35.5. The third kappa shape index (κ3) is 2.84. The number of carbonyl (C=O) groups excluding carboxylic acids is 1. The predicted octanol–water partition coefficient (Wildman–Crippen LogP) is 3.51. The van der Waals surface area contributed by atoms with Gasteiger partial charge in [0, 0.05) is 11.1 Å². The summed E-state index contributed by atoms with van der Waals surface area (Å²) in [5.74, 6) is 0.0905. The van der Waals surface area contributed by atoms with Crippen molar-refractivity contribution in [3.05, 3.63) is 34.9 Å². The number of nitrogens with one attached hydrogen (secondary N) is 1. The smallest absolute Gasteiger partial charge is 0.331 e. The van der Waals surface area contributed by atoms with Crippen LogP contribution in [0.15, 0.2) is 24.3 Å². The lowest BCUT2D eigenvalue weighted by atomic mass is 9.84. The van der Waals surface area contributed by atoms with Gasteiger partial charge < -0.3 is 4.74 Å². The molecule has 20 heavy (non-hydrogen) atoms. The van der Waals surface area contributed by atoms with Crippen LogP contribution in [-0.4, -0.2) is 19.1 Å². The molecule has 0 aliphatic heterocycles. The number of rotatable bonds is 6. The fraction of sp³-hybridized carbons (Fsp3) is 0.562. The van der Waals surface area contributed by atoms with Gasteiger partial charge in [0.2, 0.25) is 0 Å². The monoisotopic (exact) mass is 295 g/mol. The zero-order valence-corrected chi connectivity index (χ0v) is 13.0. The second-order valence-corrected chi connectivity index (χ2v) is 5.97. The first-order valence-electron chi connectivity index (χ1n) is 7.16. The summed E-state index contributed by atoms with van der Waals surface area (Å²) in [7, 11) is 1.45. The quantitative estimate of drug-likeness (QED) is 0.816. The van der Waals surface area contributed by atoms with Crippen molar-refractivity contribution in [2.75, 3.05) is 7.11 Å². The number of esters is 1. The molecular formula is C16H22ClNO2. The molecule has 1 saturated carbocycles. The average molecular weight is 296 g/mol. The highest BCUT2D eigenvalue weighted by molar-refractivity contribution is 6.30. The highest BCUT2D eigenvalue weighted by Gasteiger charge is 2.53. The Bertz CT molecular complexity index is 470. The van der Waals surface area contributed by atoms with E-state index in [2.05, 4.69) is 19.2 Å². The molecule has 110 valence electrons. The molecule has 1 aromatic carbocycles. The number of benzene rings is 1. The van der Waals surface area contributed by atoms with E-state index in [1.807, 2.05) is 24.3 Å². The fourth-order valence-corrected chi connectivity index (χ4v) is 2.79. The first-order chi connectivity index (χ1) is 9.54. The van der Waals surface area contributed by atoms with Gasteiger partial charge in [-0.1, -0.05) is 30.7 Å². The minimum Gasteiger partial charge on any atom is -0.467 e. The van der Waals surface area contributed by atoms with Crippen LogP contribution in [0.5, 0.6) is 0 Å². The number of methoxy groups -OCH3 is 1. The number of ether oxygens (including phenoxy) is 1. The maximum absolute atomic E-state index is 12.5. The van der Waals surface area contributed by atoms with Crippen molar-refractivity contribution in [1.29, 1.82) is 0 Å². The molecule has 1 fully saturated rings. The van der Waals surface area contributed by atoms with Gasteiger partial charge in [0.15, 0.2) is 0 Å². The summed E-state index contributed by atoms with van der Waals surface area (Å²) in [6, 6.07) is 7.75. The molecule has 2 atom stereocenters. The van der Waals surface area contributed by atoms with Crippen LogP contribution in [0.2, 0.25) is 5.02 Å². The third-order valence-corrected chi connectivity index (χ3v) is 4.34. The summed E-state index contributed by atoms with van der Waals surface area (Å²) in [5.41, 5.74) is 0.200. The number of carbonyl (C=O) groups is 1. The van der Waals surface area contributed by atoms with Gasteiger partial charge in [-0.3, -0.25) is 5.32 Å². The maximum atomic E-state index is 12.5. The van der Waals surface area contributed by atoms with Crippen LogP contribution >= 0.6 is 11.6 Å². The molecule has 2 rings (SSSR count). The van der Waals surface area contributed by atoms with E-state index >= 15 is 0 Å². The lowest BCUT2D eigenvalue weighted by Gasteiger charge is -2.35. The summed E-state index contributed by atoms with van der Waals surface area (Å²) in [4.78, 5) is 12.5. The van der Waals surface area contributed by atoms with E-state index in [1.54, 1.807) is 0 Å². The molecule has 0 saturated heterocycles. The molecule has 1 aliphatic rings. The minimum atomic E-state index is -0.741. The van der Waals surface area contributed by atoms with Crippen LogP contribution in [0.4, 0.5) is 0 Å². The highest BCUT2D eigenvalue weighted by Crippen LogP contribution is 2.47. The van der Waals surface area contributed by atoms with Gasteiger partial charge >= 0.3 is 5.97 Å². The van der Waals surface area contributed by atoms with Crippen molar-refractivity contribution in [3.8, 4) is 0 Å². The Hall–Kier alpha value is -1.06. The van der Waals surface area contributed by atoms with E-state index in [0.29, 0.717) is 10.9 Å². The Kier molecular flexibility index (Phi) is 4.71. The molecule has 4 heteroatoms. The Morgan fingerprint density at radius 2 is 2.05 bits per heavy atom. The Balaban J connectivity index is 2.45. The molecule has 2 unspecified atom stereocenters.